The molecule has 29 heavy (non-hydrogen) atoms. The Kier molecular flexibility index (Phi) is 6.94. The topological polar surface area (TPSA) is 68.5 Å². The van der Waals surface area contributed by atoms with Crippen LogP contribution >= 0.6 is 0 Å². The van der Waals surface area contributed by atoms with Crippen molar-refractivity contribution in [3.63, 3.8) is 0 Å². The molecule has 3 aromatic rings. The van der Waals surface area contributed by atoms with Gasteiger partial charge in [0.25, 0.3) is 5.91 Å². The molecule has 0 aliphatic heterocycles. The highest BCUT2D eigenvalue weighted by Crippen LogP contribution is 2.20. The van der Waals surface area contributed by atoms with Crippen LogP contribution in [-0.4, -0.2) is 34.6 Å². The standard InChI is InChI=1S/C22H24FN3O3/c1-3-4-9-20-24-22(25-29-20)16-10-12-18(13-11-16)28-15-21(27)26(2)14-17-7-5-6-8-19(17)23/h5-8,10-13H,3-4,9,14-15H2,1-2H3. The summed E-state index contributed by atoms with van der Waals surface area (Å²) in [5.74, 6) is 1.14. The molecule has 1 aromatic heterocycles. The molecule has 0 spiro atoms. The van der Waals surface area contributed by atoms with Gasteiger partial charge in [-0.2, -0.15) is 4.98 Å². The number of amides is 1. The number of benzene rings is 2. The average molecular weight is 397 g/mol. The maximum Gasteiger partial charge on any atom is 0.260 e. The molecule has 0 bridgehead atoms. The van der Waals surface area contributed by atoms with Gasteiger partial charge in [-0.3, -0.25) is 4.79 Å². The molecule has 0 saturated carbocycles. The maximum atomic E-state index is 13.7. The summed E-state index contributed by atoms with van der Waals surface area (Å²) in [6, 6.07) is 13.5. The van der Waals surface area contributed by atoms with Crippen molar-refractivity contribution in [2.45, 2.75) is 32.7 Å². The second-order valence-corrected chi connectivity index (χ2v) is 6.77. The Morgan fingerprint density at radius 2 is 1.93 bits per heavy atom. The van der Waals surface area contributed by atoms with E-state index in [1.54, 1.807) is 37.4 Å². The SMILES string of the molecule is CCCCc1nc(-c2ccc(OCC(=O)N(C)Cc3ccccc3F)cc2)no1. The van der Waals surface area contributed by atoms with Gasteiger partial charge < -0.3 is 14.2 Å². The van der Waals surface area contributed by atoms with Gasteiger partial charge >= 0.3 is 0 Å². The van der Waals surface area contributed by atoms with Crippen molar-refractivity contribution in [2.75, 3.05) is 13.7 Å². The number of halogens is 1. The predicted octanol–water partition coefficient (Wildman–Crippen LogP) is 4.26. The van der Waals surface area contributed by atoms with Gasteiger partial charge in [-0.15, -0.1) is 0 Å². The second-order valence-electron chi connectivity index (χ2n) is 6.77. The van der Waals surface area contributed by atoms with E-state index in [1.165, 1.54) is 11.0 Å². The van der Waals surface area contributed by atoms with Gasteiger partial charge in [0, 0.05) is 31.1 Å². The van der Waals surface area contributed by atoms with Crippen molar-refractivity contribution in [3.05, 3.63) is 65.8 Å². The van der Waals surface area contributed by atoms with Crippen LogP contribution in [0.2, 0.25) is 0 Å². The highest BCUT2D eigenvalue weighted by Gasteiger charge is 2.13. The van der Waals surface area contributed by atoms with E-state index in [9.17, 15) is 9.18 Å². The van der Waals surface area contributed by atoms with Crippen LogP contribution in [-0.2, 0) is 17.8 Å². The fourth-order valence-electron chi connectivity index (χ4n) is 2.73. The van der Waals surface area contributed by atoms with E-state index in [2.05, 4.69) is 17.1 Å². The second kappa shape index (κ2) is 9.82. The molecule has 3 rings (SSSR count). The summed E-state index contributed by atoms with van der Waals surface area (Å²) in [6.07, 6.45) is 2.85. The minimum absolute atomic E-state index is 0.131. The van der Waals surface area contributed by atoms with Crippen LogP contribution in [0.3, 0.4) is 0 Å². The summed E-state index contributed by atoms with van der Waals surface area (Å²) in [7, 11) is 1.62. The Bertz CT molecular complexity index is 940. The Labute approximate surface area is 169 Å². The fraction of sp³-hybridized carbons (Fsp3) is 0.318. The molecule has 0 saturated heterocycles. The third-order valence-electron chi connectivity index (χ3n) is 4.48. The van der Waals surface area contributed by atoms with Crippen molar-refractivity contribution in [1.29, 1.82) is 0 Å². The van der Waals surface area contributed by atoms with Gasteiger partial charge in [-0.25, -0.2) is 4.39 Å². The summed E-state index contributed by atoms with van der Waals surface area (Å²) in [5.41, 5.74) is 1.28. The van der Waals surface area contributed by atoms with Crippen LogP contribution in [0, 0.1) is 5.82 Å². The molecule has 0 aliphatic rings. The molecule has 2 aromatic carbocycles. The van der Waals surface area contributed by atoms with Crippen LogP contribution in [0.1, 0.15) is 31.2 Å². The third kappa shape index (κ3) is 5.63. The lowest BCUT2D eigenvalue weighted by atomic mass is 10.2. The molecule has 0 radical (unpaired) electrons. The van der Waals surface area contributed by atoms with Crippen LogP contribution in [0.25, 0.3) is 11.4 Å². The molecule has 0 aliphatic carbocycles. The number of aromatic nitrogens is 2. The zero-order chi connectivity index (χ0) is 20.6. The maximum absolute atomic E-state index is 13.7. The Morgan fingerprint density at radius 1 is 1.17 bits per heavy atom. The molecule has 0 atom stereocenters. The monoisotopic (exact) mass is 397 g/mol. The van der Waals surface area contributed by atoms with Crippen molar-refractivity contribution >= 4 is 5.91 Å². The van der Waals surface area contributed by atoms with Crippen molar-refractivity contribution < 1.29 is 18.4 Å². The van der Waals surface area contributed by atoms with Gasteiger partial charge in [0.1, 0.15) is 11.6 Å². The molecular formula is C22H24FN3O3. The van der Waals surface area contributed by atoms with Crippen LogP contribution < -0.4 is 4.74 Å². The lowest BCUT2D eigenvalue weighted by molar-refractivity contribution is -0.132. The molecule has 7 heteroatoms. The first-order valence-corrected chi connectivity index (χ1v) is 9.60. The third-order valence-corrected chi connectivity index (χ3v) is 4.48. The minimum atomic E-state index is -0.331. The Morgan fingerprint density at radius 3 is 2.66 bits per heavy atom. The van der Waals surface area contributed by atoms with Gasteiger partial charge in [0.05, 0.1) is 0 Å². The quantitative estimate of drug-likeness (QED) is 0.540. The molecule has 152 valence electrons. The summed E-state index contributed by atoms with van der Waals surface area (Å²) < 4.78 is 24.5. The molecule has 6 nitrogen and oxygen atoms in total. The average Bonchev–Trinajstić information content (AvgIpc) is 3.21. The largest absolute Gasteiger partial charge is 0.484 e. The first-order chi connectivity index (χ1) is 14.1. The van der Waals surface area contributed by atoms with E-state index in [1.807, 2.05) is 12.1 Å². The summed E-state index contributed by atoms with van der Waals surface area (Å²) >= 11 is 0. The number of likely N-dealkylation sites (N-methyl/N-ethyl adjacent to an activating group) is 1. The summed E-state index contributed by atoms with van der Waals surface area (Å²) in [5, 5.41) is 4.00. The molecule has 0 fully saturated rings. The number of aryl methyl sites for hydroxylation is 1. The van der Waals surface area contributed by atoms with E-state index in [0.717, 1.165) is 24.8 Å². The lowest BCUT2D eigenvalue weighted by Gasteiger charge is -2.18. The zero-order valence-electron chi connectivity index (χ0n) is 16.6. The first kappa shape index (κ1) is 20.5. The fourth-order valence-corrected chi connectivity index (χ4v) is 2.73. The van der Waals surface area contributed by atoms with Crippen LogP contribution in [0.5, 0.6) is 5.75 Å². The number of hydrogen-bond donors (Lipinski definition) is 0. The number of rotatable bonds is 9. The Hall–Kier alpha value is -3.22. The van der Waals surface area contributed by atoms with Crippen molar-refractivity contribution in [1.82, 2.24) is 15.0 Å². The van der Waals surface area contributed by atoms with E-state index in [4.69, 9.17) is 9.26 Å². The van der Waals surface area contributed by atoms with Crippen LogP contribution in [0.4, 0.5) is 4.39 Å². The molecule has 1 amide bonds. The van der Waals surface area contributed by atoms with Crippen LogP contribution in [0.15, 0.2) is 53.1 Å². The van der Waals surface area contributed by atoms with Gasteiger partial charge in [-0.1, -0.05) is 36.7 Å². The summed E-state index contributed by atoms with van der Waals surface area (Å²) in [6.45, 7) is 2.16. The molecule has 0 unspecified atom stereocenters. The van der Waals surface area contributed by atoms with E-state index < -0.39 is 0 Å². The van der Waals surface area contributed by atoms with Gasteiger partial charge in [-0.05, 0) is 36.8 Å². The number of hydrogen-bond acceptors (Lipinski definition) is 5. The Balaban J connectivity index is 1.52. The smallest absolute Gasteiger partial charge is 0.260 e. The summed E-state index contributed by atoms with van der Waals surface area (Å²) in [4.78, 5) is 18.1. The zero-order valence-corrected chi connectivity index (χ0v) is 16.6. The molecular weight excluding hydrogens is 373 g/mol. The highest BCUT2D eigenvalue weighted by atomic mass is 19.1. The number of nitrogens with zero attached hydrogens (tertiary/aromatic N) is 3. The molecule has 0 N–H and O–H groups in total. The van der Waals surface area contributed by atoms with E-state index >= 15 is 0 Å². The first-order valence-electron chi connectivity index (χ1n) is 9.60. The number of carbonyl (C=O) groups is 1. The molecule has 1 heterocycles. The minimum Gasteiger partial charge on any atom is -0.484 e. The van der Waals surface area contributed by atoms with Crippen molar-refractivity contribution in [3.8, 4) is 17.1 Å². The van der Waals surface area contributed by atoms with Gasteiger partial charge in [0.2, 0.25) is 11.7 Å². The number of unbranched alkanes of at least 4 members (excludes halogenated alkanes) is 1. The van der Waals surface area contributed by atoms with E-state index in [-0.39, 0.29) is 24.9 Å². The normalized spacial score (nSPS) is 10.7. The number of ether oxygens (including phenoxy) is 1. The highest BCUT2D eigenvalue weighted by molar-refractivity contribution is 5.77. The van der Waals surface area contributed by atoms with E-state index in [0.29, 0.717) is 23.0 Å². The van der Waals surface area contributed by atoms with Gasteiger partial charge in [0.15, 0.2) is 6.61 Å². The lowest BCUT2D eigenvalue weighted by Crippen LogP contribution is -2.31. The predicted molar refractivity (Wildman–Crippen MR) is 107 cm³/mol. The number of carbonyl (C=O) groups excluding carboxylic acids is 1. The van der Waals surface area contributed by atoms with Crippen molar-refractivity contribution in [2.24, 2.45) is 0 Å².